The largest absolute Gasteiger partial charge is 0.490 e. The molecule has 3 rings (SSSR count). The van der Waals surface area contributed by atoms with Crippen LogP contribution in [0.15, 0.2) is 41.7 Å². The van der Waals surface area contributed by atoms with Crippen LogP contribution in [0.25, 0.3) is 17.1 Å². The van der Waals surface area contributed by atoms with Gasteiger partial charge in [-0.05, 0) is 26.3 Å². The summed E-state index contributed by atoms with van der Waals surface area (Å²) >= 11 is 6.32. The van der Waals surface area contributed by atoms with E-state index in [4.69, 9.17) is 21.1 Å². The molecule has 40 heavy (non-hydrogen) atoms. The van der Waals surface area contributed by atoms with Crippen molar-refractivity contribution in [2.45, 2.75) is 67.3 Å². The lowest BCUT2D eigenvalue weighted by Crippen LogP contribution is -2.26. The molecule has 0 saturated heterocycles. The number of halogens is 4. The summed E-state index contributed by atoms with van der Waals surface area (Å²) < 4.78 is 49.6. The zero-order valence-corrected chi connectivity index (χ0v) is 25.3. The summed E-state index contributed by atoms with van der Waals surface area (Å²) in [4.78, 5) is 16.9. The molecule has 7 nitrogen and oxygen atoms in total. The van der Waals surface area contributed by atoms with Gasteiger partial charge in [0, 0.05) is 23.7 Å². The molecular weight excluding hydrogens is 543 g/mol. The molecule has 1 aromatic carbocycles. The fraction of sp³-hybridized carbons (Fsp3) is 0.414. The molecule has 0 saturated carbocycles. The molecule has 2 aromatic heterocycles. The summed E-state index contributed by atoms with van der Waals surface area (Å²) in [6.45, 7) is 14.0. The first-order valence-electron chi connectivity index (χ1n) is 12.7. The normalized spacial score (nSPS) is 11.0. The second-order valence-electron chi connectivity index (χ2n) is 7.78. The summed E-state index contributed by atoms with van der Waals surface area (Å²) in [5.41, 5.74) is 1.07. The van der Waals surface area contributed by atoms with Gasteiger partial charge in [-0.2, -0.15) is 18.2 Å². The molecule has 0 spiro atoms. The highest BCUT2D eigenvalue weighted by molar-refractivity contribution is 6.32. The maximum atomic E-state index is 12.8. The smallest absolute Gasteiger partial charge is 0.432 e. The van der Waals surface area contributed by atoms with Crippen molar-refractivity contribution in [2.75, 3.05) is 14.2 Å². The maximum absolute atomic E-state index is 12.8. The molecule has 0 radical (unpaired) electrons. The monoisotopic (exact) mass is 581 g/mol. The number of nitrogens with zero attached hydrogens (tertiary/aromatic N) is 4. The van der Waals surface area contributed by atoms with Crippen LogP contribution in [-0.2, 0) is 12.8 Å². The first kappa shape index (κ1) is 36.3. The van der Waals surface area contributed by atoms with Crippen molar-refractivity contribution in [2.24, 2.45) is 0 Å². The average Bonchev–Trinajstić information content (AvgIpc) is 3.47. The molecule has 0 aliphatic heterocycles. The van der Waals surface area contributed by atoms with Gasteiger partial charge in [0.2, 0.25) is 0 Å². The van der Waals surface area contributed by atoms with Crippen molar-refractivity contribution in [3.05, 3.63) is 58.8 Å². The Morgan fingerprint density at radius 2 is 1.62 bits per heavy atom. The van der Waals surface area contributed by atoms with E-state index < -0.39 is 11.9 Å². The Balaban J connectivity index is 0.00000237. The molecule has 0 bridgehead atoms. The van der Waals surface area contributed by atoms with Crippen molar-refractivity contribution in [3.8, 4) is 35.9 Å². The molecule has 0 atom stereocenters. The Hall–Kier alpha value is -3.71. The predicted octanol–water partition coefficient (Wildman–Crippen LogP) is 8.04. The van der Waals surface area contributed by atoms with E-state index in [2.05, 4.69) is 32.8 Å². The van der Waals surface area contributed by atoms with E-state index in [9.17, 15) is 13.2 Å². The second-order valence-corrected chi connectivity index (χ2v) is 8.35. The van der Waals surface area contributed by atoms with Crippen LogP contribution in [0.2, 0.25) is 0 Å². The van der Waals surface area contributed by atoms with Crippen LogP contribution in [0.3, 0.4) is 0 Å². The number of nitrogens with one attached hydrogen (secondary N) is 1. The number of H-pyrrole nitrogens is 1. The van der Waals surface area contributed by atoms with Gasteiger partial charge in [-0.15, -0.1) is 12.8 Å². The highest BCUT2D eigenvalue weighted by Gasteiger charge is 2.33. The summed E-state index contributed by atoms with van der Waals surface area (Å²) in [5, 5.41) is 0.537. The molecule has 0 fully saturated rings. The van der Waals surface area contributed by atoms with Crippen molar-refractivity contribution in [1.29, 1.82) is 0 Å². The lowest BCUT2D eigenvalue weighted by molar-refractivity contribution is -0.140. The molecule has 0 amide bonds. The summed E-state index contributed by atoms with van der Waals surface area (Å²) in [7, 11) is 3.39. The number of aromatic nitrogens is 4. The lowest BCUT2D eigenvalue weighted by atomic mass is 10.1. The number of benzene rings is 1. The van der Waals surface area contributed by atoms with Crippen LogP contribution in [0.1, 0.15) is 65.5 Å². The topological polar surface area (TPSA) is 76.2 Å². The van der Waals surface area contributed by atoms with E-state index in [0.717, 1.165) is 11.8 Å². The van der Waals surface area contributed by atoms with Crippen LogP contribution < -0.4 is 9.47 Å². The number of alkyl halides is 3. The van der Waals surface area contributed by atoms with Crippen LogP contribution in [-0.4, -0.2) is 45.0 Å². The van der Waals surface area contributed by atoms with E-state index in [1.165, 1.54) is 13.3 Å². The van der Waals surface area contributed by atoms with Crippen LogP contribution in [0.4, 0.5) is 13.2 Å². The molecule has 2 heterocycles. The van der Waals surface area contributed by atoms with E-state index in [-0.39, 0.29) is 24.4 Å². The van der Waals surface area contributed by atoms with Gasteiger partial charge >= 0.3 is 6.18 Å². The number of terminal acetylenes is 1. The number of rotatable bonds is 8. The minimum Gasteiger partial charge on any atom is -0.490 e. The first-order chi connectivity index (χ1) is 19.0. The number of hydrogen-bond acceptors (Lipinski definition) is 6. The standard InChI is InChI=1S/C23H25ClF3N5O2.2C2H6.C2H2/c1-13(2)32(4)19(14(3)24)21-28-10-17(33-5)22(31-21)34-12-15-6-8-16(9-7-15)20-29-11-18(30-20)23(25,26)27;3*1-2/h6-11,13H,12H2,1-5H3,(H,29,30);2*1-2H3;1-2H/b19-14+;;;. The number of allylic oxidation sites excluding steroid dienone is 1. The molecule has 1 N–H and O–H groups in total. The highest BCUT2D eigenvalue weighted by atomic mass is 35.5. The van der Waals surface area contributed by atoms with Gasteiger partial charge in [0.05, 0.1) is 25.2 Å². The number of aromatic amines is 1. The maximum Gasteiger partial charge on any atom is 0.432 e. The van der Waals surface area contributed by atoms with Crippen LogP contribution >= 0.6 is 11.6 Å². The van der Waals surface area contributed by atoms with E-state index in [1.807, 2.05) is 53.5 Å². The number of hydrogen-bond donors (Lipinski definition) is 1. The van der Waals surface area contributed by atoms with E-state index in [0.29, 0.717) is 27.9 Å². The van der Waals surface area contributed by atoms with Crippen LogP contribution in [0, 0.1) is 12.8 Å². The molecule has 220 valence electrons. The van der Waals surface area contributed by atoms with Gasteiger partial charge in [0.15, 0.2) is 11.6 Å². The molecule has 0 aliphatic rings. The van der Waals surface area contributed by atoms with Crippen molar-refractivity contribution in [3.63, 3.8) is 0 Å². The molecule has 0 unspecified atom stereocenters. The predicted molar refractivity (Wildman–Crippen MR) is 156 cm³/mol. The minimum absolute atomic E-state index is 0.131. The zero-order chi connectivity index (χ0) is 31.0. The van der Waals surface area contributed by atoms with Crippen molar-refractivity contribution >= 4 is 17.3 Å². The minimum atomic E-state index is -4.48. The van der Waals surface area contributed by atoms with Gasteiger partial charge in [0.1, 0.15) is 18.1 Å². The van der Waals surface area contributed by atoms with Gasteiger partial charge in [-0.1, -0.05) is 63.6 Å². The molecule has 3 aromatic rings. The third kappa shape index (κ3) is 10.1. The van der Waals surface area contributed by atoms with Crippen molar-refractivity contribution in [1.82, 2.24) is 24.8 Å². The van der Waals surface area contributed by atoms with E-state index in [1.54, 1.807) is 31.2 Å². The Morgan fingerprint density at radius 3 is 2.08 bits per heavy atom. The highest BCUT2D eigenvalue weighted by Crippen LogP contribution is 2.31. The first-order valence-corrected chi connectivity index (χ1v) is 13.1. The fourth-order valence-corrected chi connectivity index (χ4v) is 3.27. The van der Waals surface area contributed by atoms with Gasteiger partial charge in [-0.3, -0.25) is 0 Å². The molecule has 11 heteroatoms. The van der Waals surface area contributed by atoms with Crippen LogP contribution in [0.5, 0.6) is 11.6 Å². The SMILES string of the molecule is C#C.CC.CC.COc1cnc(/C(=C(/C)Cl)N(C)C(C)C)nc1OCc1ccc(-c2ncc(C(F)(F)F)[nH]2)cc1. The lowest BCUT2D eigenvalue weighted by Gasteiger charge is -2.26. The van der Waals surface area contributed by atoms with Gasteiger partial charge in [-0.25, -0.2) is 9.97 Å². The fourth-order valence-electron chi connectivity index (χ4n) is 3.05. The summed E-state index contributed by atoms with van der Waals surface area (Å²) in [6, 6.07) is 6.96. The number of methoxy groups -OCH3 is 1. The van der Waals surface area contributed by atoms with Gasteiger partial charge < -0.3 is 19.4 Å². The third-order valence-corrected chi connectivity index (χ3v) is 5.27. The Bertz CT molecular complexity index is 1200. The van der Waals surface area contributed by atoms with Crippen molar-refractivity contribution < 1.29 is 22.6 Å². The quantitative estimate of drug-likeness (QED) is 0.271. The van der Waals surface area contributed by atoms with Gasteiger partial charge in [0.25, 0.3) is 5.88 Å². The molecule has 0 aliphatic carbocycles. The number of ether oxygens (including phenoxy) is 2. The molecular formula is C29H39ClF3N5O2. The third-order valence-electron chi connectivity index (χ3n) is 5.09. The summed E-state index contributed by atoms with van der Waals surface area (Å²) in [5.74, 6) is 1.12. The Morgan fingerprint density at radius 1 is 1.05 bits per heavy atom. The number of imidazole rings is 1. The second kappa shape index (κ2) is 17.8. The summed E-state index contributed by atoms with van der Waals surface area (Å²) in [6.07, 6.45) is 5.81. The Kier molecular flexibility index (Phi) is 16.1. The van der Waals surface area contributed by atoms with E-state index >= 15 is 0 Å². The average molecular weight is 582 g/mol. The zero-order valence-electron chi connectivity index (χ0n) is 24.5. The Labute approximate surface area is 240 Å².